The number of hydrogen-bond donors (Lipinski definition) is 0. The van der Waals surface area contributed by atoms with Crippen LogP contribution in [0.5, 0.6) is 5.75 Å². The van der Waals surface area contributed by atoms with Crippen LogP contribution in [-0.4, -0.2) is 12.1 Å². The molecule has 2 aromatic rings. The van der Waals surface area contributed by atoms with E-state index in [-0.39, 0.29) is 0 Å². The molecule has 0 atom stereocenters. The molecule has 0 spiro atoms. The Balaban J connectivity index is 2.84. The maximum absolute atomic E-state index is 5.30. The molecule has 0 saturated heterocycles. The third-order valence-corrected chi connectivity index (χ3v) is 2.74. The van der Waals surface area contributed by atoms with E-state index in [1.165, 1.54) is 0 Å². The molecule has 1 heterocycles. The predicted molar refractivity (Wildman–Crippen MR) is 60.7 cm³/mol. The molecule has 14 heavy (non-hydrogen) atoms. The molecule has 1 aromatic heterocycles. The van der Waals surface area contributed by atoms with Crippen LogP contribution in [0.1, 0.15) is 5.69 Å². The summed E-state index contributed by atoms with van der Waals surface area (Å²) in [6, 6.07) is 8.04. The van der Waals surface area contributed by atoms with E-state index < -0.39 is 0 Å². The van der Waals surface area contributed by atoms with Crippen molar-refractivity contribution in [3.63, 3.8) is 0 Å². The Morgan fingerprint density at radius 2 is 1.93 bits per heavy atom. The number of nitrogens with zero attached hydrogens (tertiary/aromatic N) is 1. The van der Waals surface area contributed by atoms with Crippen LogP contribution in [0.3, 0.4) is 0 Å². The van der Waals surface area contributed by atoms with Gasteiger partial charge in [-0.3, -0.25) is 0 Å². The van der Waals surface area contributed by atoms with Crippen LogP contribution in [-0.2, 0) is 0 Å². The van der Waals surface area contributed by atoms with E-state index in [0.717, 1.165) is 26.8 Å². The fourth-order valence-electron chi connectivity index (χ4n) is 1.43. The molecule has 72 valence electrons. The molecule has 0 saturated carbocycles. The van der Waals surface area contributed by atoms with Crippen LogP contribution in [0.4, 0.5) is 0 Å². The summed E-state index contributed by atoms with van der Waals surface area (Å²) in [6.07, 6.45) is 0. The highest BCUT2D eigenvalue weighted by Crippen LogP contribution is 2.32. The van der Waals surface area contributed by atoms with Crippen molar-refractivity contribution in [1.82, 2.24) is 4.98 Å². The van der Waals surface area contributed by atoms with E-state index in [1.807, 2.05) is 31.2 Å². The molecule has 0 bridgehead atoms. The Labute approximate surface area is 91.0 Å². The molecular weight excluding hydrogens is 242 g/mol. The molecule has 0 aliphatic rings. The van der Waals surface area contributed by atoms with Crippen LogP contribution in [0.15, 0.2) is 28.7 Å². The Bertz CT molecular complexity index is 477. The number of rotatable bonds is 1. The topological polar surface area (TPSA) is 22.1 Å². The second kappa shape index (κ2) is 3.58. The fraction of sp³-hybridized carbons (Fsp3) is 0.182. The number of pyridine rings is 1. The number of methoxy groups -OCH3 is 1. The average Bonchev–Trinajstić information content (AvgIpc) is 2.17. The third-order valence-electron chi connectivity index (χ3n) is 2.11. The largest absolute Gasteiger partial charge is 0.493 e. The number of halogens is 1. The molecule has 0 aliphatic heterocycles. The molecule has 0 aliphatic carbocycles. The number of hydrogen-bond acceptors (Lipinski definition) is 2. The highest BCUT2D eigenvalue weighted by atomic mass is 79.9. The van der Waals surface area contributed by atoms with Gasteiger partial charge < -0.3 is 4.74 Å². The second-order valence-electron chi connectivity index (χ2n) is 3.10. The normalized spacial score (nSPS) is 10.5. The zero-order chi connectivity index (χ0) is 10.1. The minimum atomic E-state index is 0.797. The lowest BCUT2D eigenvalue weighted by atomic mass is 10.2. The standard InChI is InChI=1S/C11H10BrNO/c1-7-3-4-8-5-6-9(12)11(14-2)10(8)13-7/h3-6H,1-2H3. The highest BCUT2D eigenvalue weighted by Gasteiger charge is 2.06. The first-order chi connectivity index (χ1) is 6.72. The van der Waals surface area contributed by atoms with Crippen molar-refractivity contribution in [1.29, 1.82) is 0 Å². The van der Waals surface area contributed by atoms with Crippen LogP contribution < -0.4 is 4.74 Å². The van der Waals surface area contributed by atoms with Gasteiger partial charge in [0.25, 0.3) is 0 Å². The van der Waals surface area contributed by atoms with Gasteiger partial charge in [0.1, 0.15) is 5.52 Å². The summed E-state index contributed by atoms with van der Waals surface area (Å²) in [5.41, 5.74) is 1.90. The molecule has 0 N–H and O–H groups in total. The molecule has 3 heteroatoms. The van der Waals surface area contributed by atoms with E-state index in [2.05, 4.69) is 20.9 Å². The fourth-order valence-corrected chi connectivity index (χ4v) is 1.91. The minimum absolute atomic E-state index is 0.797. The van der Waals surface area contributed by atoms with Crippen molar-refractivity contribution in [3.8, 4) is 5.75 Å². The van der Waals surface area contributed by atoms with Gasteiger partial charge in [-0.05, 0) is 35.0 Å². The Morgan fingerprint density at radius 3 is 2.64 bits per heavy atom. The molecule has 0 amide bonds. The van der Waals surface area contributed by atoms with Crippen molar-refractivity contribution in [2.45, 2.75) is 6.92 Å². The maximum Gasteiger partial charge on any atom is 0.159 e. The van der Waals surface area contributed by atoms with E-state index in [1.54, 1.807) is 7.11 Å². The van der Waals surface area contributed by atoms with Crippen molar-refractivity contribution in [3.05, 3.63) is 34.4 Å². The molecule has 1 aromatic carbocycles. The molecule has 0 fully saturated rings. The van der Waals surface area contributed by atoms with Crippen LogP contribution in [0, 0.1) is 6.92 Å². The predicted octanol–water partition coefficient (Wildman–Crippen LogP) is 3.31. The van der Waals surface area contributed by atoms with E-state index in [4.69, 9.17) is 4.74 Å². The van der Waals surface area contributed by atoms with Gasteiger partial charge in [-0.1, -0.05) is 12.1 Å². The minimum Gasteiger partial charge on any atom is -0.493 e. The SMILES string of the molecule is COc1c(Br)ccc2ccc(C)nc12. The molecule has 0 radical (unpaired) electrons. The summed E-state index contributed by atoms with van der Waals surface area (Å²) in [5, 5.41) is 1.09. The van der Waals surface area contributed by atoms with Gasteiger partial charge in [0.05, 0.1) is 11.6 Å². The van der Waals surface area contributed by atoms with Gasteiger partial charge in [-0.15, -0.1) is 0 Å². The monoisotopic (exact) mass is 251 g/mol. The van der Waals surface area contributed by atoms with Crippen LogP contribution in [0.25, 0.3) is 10.9 Å². The Hall–Kier alpha value is -1.09. The number of ether oxygens (including phenoxy) is 1. The van der Waals surface area contributed by atoms with Gasteiger partial charge in [0, 0.05) is 11.1 Å². The van der Waals surface area contributed by atoms with Crippen molar-refractivity contribution >= 4 is 26.8 Å². The van der Waals surface area contributed by atoms with Gasteiger partial charge in [0.2, 0.25) is 0 Å². The lowest BCUT2D eigenvalue weighted by Crippen LogP contribution is -1.90. The first-order valence-electron chi connectivity index (χ1n) is 4.32. The van der Waals surface area contributed by atoms with Gasteiger partial charge in [-0.25, -0.2) is 4.98 Å². The van der Waals surface area contributed by atoms with Crippen molar-refractivity contribution in [2.24, 2.45) is 0 Å². The van der Waals surface area contributed by atoms with Crippen molar-refractivity contribution in [2.75, 3.05) is 7.11 Å². The molecule has 2 nitrogen and oxygen atoms in total. The smallest absolute Gasteiger partial charge is 0.159 e. The summed E-state index contributed by atoms with van der Waals surface area (Å²) in [6.45, 7) is 1.97. The summed E-state index contributed by atoms with van der Waals surface area (Å²) >= 11 is 3.44. The number of benzene rings is 1. The van der Waals surface area contributed by atoms with E-state index in [9.17, 15) is 0 Å². The van der Waals surface area contributed by atoms with Gasteiger partial charge in [0.15, 0.2) is 5.75 Å². The summed E-state index contributed by atoms with van der Waals surface area (Å²) in [4.78, 5) is 4.45. The highest BCUT2D eigenvalue weighted by molar-refractivity contribution is 9.10. The Morgan fingerprint density at radius 1 is 1.21 bits per heavy atom. The first kappa shape index (κ1) is 9.46. The van der Waals surface area contributed by atoms with Crippen LogP contribution in [0.2, 0.25) is 0 Å². The first-order valence-corrected chi connectivity index (χ1v) is 5.11. The quantitative estimate of drug-likeness (QED) is 0.776. The zero-order valence-electron chi connectivity index (χ0n) is 8.04. The zero-order valence-corrected chi connectivity index (χ0v) is 9.63. The van der Waals surface area contributed by atoms with E-state index in [0.29, 0.717) is 0 Å². The molecule has 0 unspecified atom stereocenters. The summed E-state index contributed by atoms with van der Waals surface area (Å²) < 4.78 is 6.24. The summed E-state index contributed by atoms with van der Waals surface area (Å²) in [5.74, 6) is 0.797. The van der Waals surface area contributed by atoms with Gasteiger partial charge in [-0.2, -0.15) is 0 Å². The lowest BCUT2D eigenvalue weighted by Gasteiger charge is -2.07. The third kappa shape index (κ3) is 1.48. The lowest BCUT2D eigenvalue weighted by molar-refractivity contribution is 0.416. The summed E-state index contributed by atoms with van der Waals surface area (Å²) in [7, 11) is 1.66. The average molecular weight is 252 g/mol. The van der Waals surface area contributed by atoms with E-state index >= 15 is 0 Å². The van der Waals surface area contributed by atoms with Crippen LogP contribution >= 0.6 is 15.9 Å². The number of fused-ring (bicyclic) bond motifs is 1. The Kier molecular flexibility index (Phi) is 2.42. The van der Waals surface area contributed by atoms with Gasteiger partial charge >= 0.3 is 0 Å². The molecule has 2 rings (SSSR count). The number of aryl methyl sites for hydroxylation is 1. The second-order valence-corrected chi connectivity index (χ2v) is 3.96. The molecular formula is C11H10BrNO. The van der Waals surface area contributed by atoms with Crippen molar-refractivity contribution < 1.29 is 4.74 Å². The maximum atomic E-state index is 5.30. The number of aromatic nitrogens is 1.